The summed E-state index contributed by atoms with van der Waals surface area (Å²) in [6, 6.07) is 16.3. The molecule has 2 aromatic carbocycles. The van der Waals surface area contributed by atoms with E-state index >= 15 is 0 Å². The fourth-order valence-electron chi connectivity index (χ4n) is 2.95. The first-order valence-electron chi connectivity index (χ1n) is 7.79. The Morgan fingerprint density at radius 1 is 1.30 bits per heavy atom. The molecule has 0 spiro atoms. The lowest BCUT2D eigenvalue weighted by atomic mass is 9.97. The molecule has 3 rings (SSSR count). The van der Waals surface area contributed by atoms with Crippen LogP contribution in [0.1, 0.15) is 28.4 Å². The number of fused-ring (bicyclic) bond motifs is 1. The van der Waals surface area contributed by atoms with Crippen LogP contribution in [-0.2, 0) is 17.7 Å². The van der Waals surface area contributed by atoms with E-state index in [0.717, 1.165) is 25.1 Å². The minimum absolute atomic E-state index is 0.0913. The molecule has 1 unspecified atom stereocenters. The summed E-state index contributed by atoms with van der Waals surface area (Å²) in [7, 11) is 1.58. The predicted molar refractivity (Wildman–Crippen MR) is 88.3 cm³/mol. The van der Waals surface area contributed by atoms with E-state index in [4.69, 9.17) is 14.7 Å². The molecule has 1 aliphatic heterocycles. The lowest BCUT2D eigenvalue weighted by Crippen LogP contribution is -2.27. The van der Waals surface area contributed by atoms with Gasteiger partial charge >= 0.3 is 0 Å². The predicted octanol–water partition coefficient (Wildman–Crippen LogP) is 2.97. The molecule has 0 amide bonds. The fourth-order valence-corrected chi connectivity index (χ4v) is 2.95. The van der Waals surface area contributed by atoms with Crippen molar-refractivity contribution in [2.75, 3.05) is 20.3 Å². The molecule has 1 atom stereocenters. The van der Waals surface area contributed by atoms with Gasteiger partial charge in [-0.1, -0.05) is 30.3 Å². The van der Waals surface area contributed by atoms with Crippen LogP contribution in [0.15, 0.2) is 42.5 Å². The second kappa shape index (κ2) is 7.28. The Morgan fingerprint density at radius 2 is 2.17 bits per heavy atom. The second-order valence-electron chi connectivity index (χ2n) is 5.59. The average Bonchev–Trinajstić information content (AvgIpc) is 2.61. The first-order chi connectivity index (χ1) is 11.3. The van der Waals surface area contributed by atoms with Crippen molar-refractivity contribution in [1.29, 1.82) is 5.26 Å². The number of hydrogen-bond acceptors (Lipinski definition) is 4. The maximum absolute atomic E-state index is 9.14. The molecule has 0 aromatic heterocycles. The van der Waals surface area contributed by atoms with Crippen LogP contribution in [0.2, 0.25) is 0 Å². The van der Waals surface area contributed by atoms with Gasteiger partial charge < -0.3 is 14.8 Å². The van der Waals surface area contributed by atoms with Crippen molar-refractivity contribution >= 4 is 0 Å². The quantitative estimate of drug-likeness (QED) is 0.922. The van der Waals surface area contributed by atoms with Gasteiger partial charge in [0.05, 0.1) is 25.4 Å². The lowest BCUT2D eigenvalue weighted by Gasteiger charge is -2.26. The zero-order valence-corrected chi connectivity index (χ0v) is 13.2. The van der Waals surface area contributed by atoms with Gasteiger partial charge in [-0.3, -0.25) is 0 Å². The summed E-state index contributed by atoms with van der Waals surface area (Å²) in [5.74, 6) is 0.612. The highest BCUT2D eigenvalue weighted by molar-refractivity contribution is 5.45. The van der Waals surface area contributed by atoms with E-state index in [1.165, 1.54) is 11.1 Å². The van der Waals surface area contributed by atoms with E-state index in [1.54, 1.807) is 7.11 Å². The Hall–Kier alpha value is -2.35. The molecule has 2 aromatic rings. The molecule has 0 saturated carbocycles. The van der Waals surface area contributed by atoms with Crippen molar-refractivity contribution in [1.82, 2.24) is 5.32 Å². The van der Waals surface area contributed by atoms with Crippen LogP contribution in [0.4, 0.5) is 0 Å². The summed E-state index contributed by atoms with van der Waals surface area (Å²) in [4.78, 5) is 0. The van der Waals surface area contributed by atoms with Crippen LogP contribution in [0.25, 0.3) is 0 Å². The largest absolute Gasteiger partial charge is 0.495 e. The monoisotopic (exact) mass is 308 g/mol. The molecule has 1 heterocycles. The van der Waals surface area contributed by atoms with Crippen molar-refractivity contribution in [3.8, 4) is 11.8 Å². The average molecular weight is 308 g/mol. The SMILES string of the molecule is COc1ccc(CNCC2OCCc3ccccc32)cc1C#N. The van der Waals surface area contributed by atoms with Gasteiger partial charge in [-0.15, -0.1) is 0 Å². The van der Waals surface area contributed by atoms with Crippen LogP contribution >= 0.6 is 0 Å². The van der Waals surface area contributed by atoms with Crippen molar-refractivity contribution in [2.45, 2.75) is 19.1 Å². The zero-order chi connectivity index (χ0) is 16.1. The minimum Gasteiger partial charge on any atom is -0.495 e. The molecule has 4 heteroatoms. The van der Waals surface area contributed by atoms with Crippen LogP contribution in [-0.4, -0.2) is 20.3 Å². The molecular formula is C19H20N2O2. The molecule has 0 radical (unpaired) electrons. The summed E-state index contributed by atoms with van der Waals surface area (Å²) in [6.07, 6.45) is 1.07. The topological polar surface area (TPSA) is 54.3 Å². The van der Waals surface area contributed by atoms with Crippen LogP contribution in [0.5, 0.6) is 5.75 Å². The van der Waals surface area contributed by atoms with Gasteiger partial charge in [-0.05, 0) is 35.2 Å². The van der Waals surface area contributed by atoms with Crippen molar-refractivity contribution in [3.63, 3.8) is 0 Å². The molecular weight excluding hydrogens is 288 g/mol. The number of nitrogens with one attached hydrogen (secondary N) is 1. The van der Waals surface area contributed by atoms with Crippen LogP contribution in [0, 0.1) is 11.3 Å². The number of ether oxygens (including phenoxy) is 2. The highest BCUT2D eigenvalue weighted by Gasteiger charge is 2.19. The van der Waals surface area contributed by atoms with E-state index in [2.05, 4.69) is 35.7 Å². The smallest absolute Gasteiger partial charge is 0.136 e. The lowest BCUT2D eigenvalue weighted by molar-refractivity contribution is 0.0423. The molecule has 4 nitrogen and oxygen atoms in total. The van der Waals surface area contributed by atoms with Gasteiger partial charge in [0.25, 0.3) is 0 Å². The summed E-state index contributed by atoms with van der Waals surface area (Å²) in [5, 5.41) is 12.6. The first-order valence-corrected chi connectivity index (χ1v) is 7.79. The fraction of sp³-hybridized carbons (Fsp3) is 0.316. The van der Waals surface area contributed by atoms with E-state index < -0.39 is 0 Å². The standard InChI is InChI=1S/C19H20N2O2/c1-22-18-7-6-14(10-16(18)11-20)12-21-13-19-17-5-3-2-4-15(17)8-9-23-19/h2-7,10,19,21H,8-9,12-13H2,1H3. The number of nitriles is 1. The summed E-state index contributed by atoms with van der Waals surface area (Å²) in [5.41, 5.74) is 4.28. The minimum atomic E-state index is 0.0913. The molecule has 0 saturated heterocycles. The number of nitrogens with zero attached hydrogens (tertiary/aromatic N) is 1. The van der Waals surface area contributed by atoms with Crippen molar-refractivity contribution in [2.24, 2.45) is 0 Å². The van der Waals surface area contributed by atoms with Gasteiger partial charge in [0.15, 0.2) is 0 Å². The highest BCUT2D eigenvalue weighted by Crippen LogP contribution is 2.26. The van der Waals surface area contributed by atoms with Crippen LogP contribution < -0.4 is 10.1 Å². The molecule has 0 aliphatic carbocycles. The number of rotatable bonds is 5. The van der Waals surface area contributed by atoms with E-state index in [-0.39, 0.29) is 6.10 Å². The van der Waals surface area contributed by atoms with E-state index in [0.29, 0.717) is 17.9 Å². The summed E-state index contributed by atoms with van der Waals surface area (Å²) < 4.78 is 11.1. The molecule has 0 bridgehead atoms. The summed E-state index contributed by atoms with van der Waals surface area (Å²) in [6.45, 7) is 2.22. The van der Waals surface area contributed by atoms with Gasteiger partial charge in [0.2, 0.25) is 0 Å². The third kappa shape index (κ3) is 3.53. The van der Waals surface area contributed by atoms with Gasteiger partial charge in [0, 0.05) is 13.1 Å². The number of benzene rings is 2. The Balaban J connectivity index is 1.61. The van der Waals surface area contributed by atoms with E-state index in [9.17, 15) is 0 Å². The second-order valence-corrected chi connectivity index (χ2v) is 5.59. The molecule has 118 valence electrons. The Bertz CT molecular complexity index is 722. The van der Waals surface area contributed by atoms with E-state index in [1.807, 2.05) is 18.2 Å². The first kappa shape index (κ1) is 15.5. The van der Waals surface area contributed by atoms with Gasteiger partial charge in [0.1, 0.15) is 11.8 Å². The van der Waals surface area contributed by atoms with Crippen LogP contribution in [0.3, 0.4) is 0 Å². The maximum Gasteiger partial charge on any atom is 0.136 e. The zero-order valence-electron chi connectivity index (χ0n) is 13.2. The van der Waals surface area contributed by atoms with Crippen molar-refractivity contribution in [3.05, 3.63) is 64.7 Å². The van der Waals surface area contributed by atoms with Gasteiger partial charge in [-0.25, -0.2) is 0 Å². The third-order valence-corrected chi connectivity index (χ3v) is 4.14. The summed E-state index contributed by atoms with van der Waals surface area (Å²) >= 11 is 0. The highest BCUT2D eigenvalue weighted by atomic mass is 16.5. The molecule has 1 N–H and O–H groups in total. The maximum atomic E-state index is 9.14. The Labute approximate surface area is 136 Å². The van der Waals surface area contributed by atoms with Crippen molar-refractivity contribution < 1.29 is 9.47 Å². The number of hydrogen-bond donors (Lipinski definition) is 1. The normalized spacial score (nSPS) is 16.4. The molecule has 23 heavy (non-hydrogen) atoms. The molecule has 1 aliphatic rings. The Kier molecular flexibility index (Phi) is 4.92. The molecule has 0 fully saturated rings. The van der Waals surface area contributed by atoms with Gasteiger partial charge in [-0.2, -0.15) is 5.26 Å². The Morgan fingerprint density at radius 3 is 3.00 bits per heavy atom. The third-order valence-electron chi connectivity index (χ3n) is 4.14. The number of methoxy groups -OCH3 is 1.